The SMILES string of the molecule is CCCCOc1ccc(C2Oc3ccc(Br)cc3C3CC(c4ccc(OC(C)C)cc4)=NN32)cc1OC. The number of halogens is 1. The van der Waals surface area contributed by atoms with Crippen molar-refractivity contribution in [3.63, 3.8) is 0 Å². The second-order valence-corrected chi connectivity index (χ2v) is 10.5. The van der Waals surface area contributed by atoms with E-state index in [4.69, 9.17) is 24.0 Å². The van der Waals surface area contributed by atoms with E-state index < -0.39 is 6.23 Å². The molecule has 2 heterocycles. The molecule has 0 saturated carbocycles. The summed E-state index contributed by atoms with van der Waals surface area (Å²) in [6, 6.07) is 20.4. The van der Waals surface area contributed by atoms with Crippen LogP contribution in [0.3, 0.4) is 0 Å². The third kappa shape index (κ3) is 5.42. The molecule has 0 aromatic heterocycles. The Kier molecular flexibility index (Phi) is 7.60. The molecule has 0 N–H and O–H groups in total. The largest absolute Gasteiger partial charge is 0.493 e. The van der Waals surface area contributed by atoms with Gasteiger partial charge in [0.25, 0.3) is 0 Å². The first-order valence-corrected chi connectivity index (χ1v) is 13.7. The zero-order valence-electron chi connectivity index (χ0n) is 21.7. The number of rotatable bonds is 9. The van der Waals surface area contributed by atoms with E-state index in [1.165, 1.54) is 0 Å². The summed E-state index contributed by atoms with van der Waals surface area (Å²) in [6.45, 7) is 6.87. The number of methoxy groups -OCH3 is 1. The maximum Gasteiger partial charge on any atom is 0.214 e. The molecule has 37 heavy (non-hydrogen) atoms. The fraction of sp³-hybridized carbons (Fsp3) is 0.367. The predicted octanol–water partition coefficient (Wildman–Crippen LogP) is 7.67. The molecule has 2 unspecified atom stereocenters. The van der Waals surface area contributed by atoms with E-state index in [1.807, 2.05) is 56.3 Å². The van der Waals surface area contributed by atoms with Crippen LogP contribution >= 0.6 is 15.9 Å². The molecule has 2 atom stereocenters. The molecule has 5 rings (SSSR count). The number of hydrazone groups is 1. The molecule has 0 amide bonds. The molecule has 0 aliphatic carbocycles. The Labute approximate surface area is 227 Å². The highest BCUT2D eigenvalue weighted by Gasteiger charge is 2.41. The van der Waals surface area contributed by atoms with Gasteiger partial charge in [-0.2, -0.15) is 5.10 Å². The van der Waals surface area contributed by atoms with Gasteiger partial charge in [0.1, 0.15) is 11.5 Å². The monoisotopic (exact) mass is 564 g/mol. The van der Waals surface area contributed by atoms with Crippen LogP contribution in [-0.4, -0.2) is 30.5 Å². The van der Waals surface area contributed by atoms with Crippen LogP contribution in [0.4, 0.5) is 0 Å². The van der Waals surface area contributed by atoms with E-state index in [9.17, 15) is 0 Å². The van der Waals surface area contributed by atoms with Crippen molar-refractivity contribution in [3.8, 4) is 23.0 Å². The molecule has 3 aromatic rings. The quantitative estimate of drug-likeness (QED) is 0.249. The van der Waals surface area contributed by atoms with Crippen molar-refractivity contribution in [2.24, 2.45) is 5.10 Å². The van der Waals surface area contributed by atoms with Crippen LogP contribution in [0.15, 0.2) is 70.2 Å². The summed E-state index contributed by atoms with van der Waals surface area (Å²) >= 11 is 3.63. The summed E-state index contributed by atoms with van der Waals surface area (Å²) in [5.41, 5.74) is 4.19. The van der Waals surface area contributed by atoms with Crippen LogP contribution in [-0.2, 0) is 0 Å². The van der Waals surface area contributed by atoms with Crippen molar-refractivity contribution in [1.82, 2.24) is 5.01 Å². The minimum Gasteiger partial charge on any atom is -0.493 e. The third-order valence-corrected chi connectivity index (χ3v) is 7.03. The van der Waals surface area contributed by atoms with Crippen molar-refractivity contribution in [3.05, 3.63) is 81.8 Å². The van der Waals surface area contributed by atoms with E-state index in [0.717, 1.165) is 63.4 Å². The lowest BCUT2D eigenvalue weighted by Gasteiger charge is -2.38. The minimum atomic E-state index is -0.390. The maximum atomic E-state index is 6.55. The van der Waals surface area contributed by atoms with Gasteiger partial charge in [-0.25, -0.2) is 5.01 Å². The molecule has 0 spiro atoms. The number of unbranched alkanes of at least 4 members (excludes halogenated alkanes) is 1. The van der Waals surface area contributed by atoms with Crippen molar-refractivity contribution in [2.45, 2.75) is 58.4 Å². The van der Waals surface area contributed by atoms with E-state index >= 15 is 0 Å². The summed E-state index contributed by atoms with van der Waals surface area (Å²) in [4.78, 5) is 0. The Bertz CT molecular complexity index is 1280. The molecule has 0 saturated heterocycles. The Morgan fingerprint density at radius 1 is 1.05 bits per heavy atom. The first kappa shape index (κ1) is 25.5. The van der Waals surface area contributed by atoms with Gasteiger partial charge in [-0.05, 0) is 86.5 Å². The average molecular weight is 566 g/mol. The number of hydrogen-bond donors (Lipinski definition) is 0. The molecular weight excluding hydrogens is 532 g/mol. The maximum absolute atomic E-state index is 6.55. The molecule has 6 nitrogen and oxygen atoms in total. The fourth-order valence-corrected chi connectivity index (χ4v) is 5.11. The van der Waals surface area contributed by atoms with E-state index in [0.29, 0.717) is 12.4 Å². The van der Waals surface area contributed by atoms with Crippen molar-refractivity contribution in [1.29, 1.82) is 0 Å². The van der Waals surface area contributed by atoms with Crippen LogP contribution in [0.5, 0.6) is 23.0 Å². The van der Waals surface area contributed by atoms with Gasteiger partial charge < -0.3 is 18.9 Å². The topological polar surface area (TPSA) is 52.5 Å². The Balaban J connectivity index is 1.48. The zero-order valence-corrected chi connectivity index (χ0v) is 23.3. The van der Waals surface area contributed by atoms with Gasteiger partial charge in [-0.3, -0.25) is 0 Å². The van der Waals surface area contributed by atoms with E-state index in [2.05, 4.69) is 46.1 Å². The normalized spacial score (nSPS) is 18.1. The number of hydrogen-bond acceptors (Lipinski definition) is 6. The highest BCUT2D eigenvalue weighted by atomic mass is 79.9. The summed E-state index contributed by atoms with van der Waals surface area (Å²) < 4.78 is 25.0. The highest BCUT2D eigenvalue weighted by molar-refractivity contribution is 9.10. The summed E-state index contributed by atoms with van der Waals surface area (Å²) in [5, 5.41) is 7.17. The first-order chi connectivity index (χ1) is 18.0. The lowest BCUT2D eigenvalue weighted by atomic mass is 9.96. The van der Waals surface area contributed by atoms with Gasteiger partial charge in [-0.15, -0.1) is 0 Å². The fourth-order valence-electron chi connectivity index (χ4n) is 4.73. The van der Waals surface area contributed by atoms with Crippen LogP contribution in [0, 0.1) is 0 Å². The van der Waals surface area contributed by atoms with Crippen molar-refractivity contribution in [2.75, 3.05) is 13.7 Å². The van der Waals surface area contributed by atoms with Crippen molar-refractivity contribution < 1.29 is 18.9 Å². The van der Waals surface area contributed by atoms with E-state index in [-0.39, 0.29) is 12.1 Å². The number of benzene rings is 3. The van der Waals surface area contributed by atoms with Gasteiger partial charge in [-0.1, -0.05) is 29.3 Å². The van der Waals surface area contributed by atoms with Crippen LogP contribution in [0.2, 0.25) is 0 Å². The van der Waals surface area contributed by atoms with Gasteiger partial charge >= 0.3 is 0 Å². The van der Waals surface area contributed by atoms with Gasteiger partial charge in [0.2, 0.25) is 6.23 Å². The standard InChI is InChI=1S/C30H33BrN2O4/c1-5-6-15-35-28-13-9-21(16-29(28)34-4)30-33-26(24-17-22(31)10-14-27(24)37-30)18-25(32-33)20-7-11-23(12-8-20)36-19(2)3/h7-14,16-17,19,26,30H,5-6,15,18H2,1-4H3. The predicted molar refractivity (Wildman–Crippen MR) is 149 cm³/mol. The molecular formula is C30H33BrN2O4. The molecule has 0 radical (unpaired) electrons. The average Bonchev–Trinajstić information content (AvgIpc) is 3.34. The molecule has 2 aliphatic rings. The summed E-state index contributed by atoms with van der Waals surface area (Å²) in [6.07, 6.45) is 2.61. The van der Waals surface area contributed by atoms with Gasteiger partial charge in [0.05, 0.1) is 31.6 Å². The second-order valence-electron chi connectivity index (χ2n) is 9.60. The molecule has 7 heteroatoms. The second kappa shape index (κ2) is 11.1. The van der Waals surface area contributed by atoms with Crippen LogP contribution in [0.1, 0.15) is 69.0 Å². The summed E-state index contributed by atoms with van der Waals surface area (Å²) in [7, 11) is 1.67. The number of fused-ring (bicyclic) bond motifs is 3. The third-order valence-electron chi connectivity index (χ3n) is 6.54. The molecule has 194 valence electrons. The summed E-state index contributed by atoms with van der Waals surface area (Å²) in [5.74, 6) is 3.16. The Morgan fingerprint density at radius 2 is 1.86 bits per heavy atom. The number of nitrogens with zero attached hydrogens (tertiary/aromatic N) is 2. The molecule has 2 aliphatic heterocycles. The molecule has 0 fully saturated rings. The Hall–Kier alpha value is -3.19. The van der Waals surface area contributed by atoms with Gasteiger partial charge in [0.15, 0.2) is 11.5 Å². The lowest BCUT2D eigenvalue weighted by Crippen LogP contribution is -2.33. The number of ether oxygens (including phenoxy) is 4. The minimum absolute atomic E-state index is 0.0549. The van der Waals surface area contributed by atoms with Crippen LogP contribution < -0.4 is 18.9 Å². The van der Waals surface area contributed by atoms with E-state index in [1.54, 1.807) is 7.11 Å². The van der Waals surface area contributed by atoms with Crippen molar-refractivity contribution >= 4 is 21.6 Å². The van der Waals surface area contributed by atoms with Crippen LogP contribution in [0.25, 0.3) is 0 Å². The smallest absolute Gasteiger partial charge is 0.214 e. The lowest BCUT2D eigenvalue weighted by molar-refractivity contribution is -0.0192. The Morgan fingerprint density at radius 3 is 2.59 bits per heavy atom. The molecule has 0 bridgehead atoms. The zero-order chi connectivity index (χ0) is 25.9. The van der Waals surface area contributed by atoms with Gasteiger partial charge in [0, 0.05) is 22.0 Å². The highest BCUT2D eigenvalue weighted by Crippen LogP contribution is 2.49. The molecule has 3 aromatic carbocycles. The first-order valence-electron chi connectivity index (χ1n) is 12.9.